The smallest absolute Gasteiger partial charge is 0.407 e. The molecule has 1 aromatic carbocycles. The van der Waals surface area contributed by atoms with Gasteiger partial charge in [0.05, 0.1) is 10.6 Å². The van der Waals surface area contributed by atoms with Crippen LogP contribution >= 0.6 is 11.6 Å². The molecule has 0 saturated carbocycles. The topological polar surface area (TPSA) is 75.6 Å². The van der Waals surface area contributed by atoms with Crippen molar-refractivity contribution in [2.24, 2.45) is 0 Å². The Bertz CT molecular complexity index is 473. The summed E-state index contributed by atoms with van der Waals surface area (Å²) in [6.45, 7) is 3.68. The first-order chi connectivity index (χ1) is 8.54. The molecule has 1 rings (SSSR count). The Morgan fingerprint density at radius 1 is 1.50 bits per heavy atom. The number of carboxylic acid groups (broad SMARTS) is 1. The summed E-state index contributed by atoms with van der Waals surface area (Å²) in [5.74, 6) is -1.11. The molecule has 0 fully saturated rings. The minimum Gasteiger partial charge on any atom is -0.478 e. The molecule has 1 aromatic rings. The van der Waals surface area contributed by atoms with Crippen LogP contribution in [0.15, 0.2) is 30.9 Å². The standard InChI is InChI=1S/C12H12ClNO4/c1-2-5-18-12(17)14-7-8-3-4-10(13)9(6-8)11(15)16/h2-4,6H,1,5,7H2,(H,14,17)(H,15,16). The van der Waals surface area contributed by atoms with Gasteiger partial charge in [0.15, 0.2) is 0 Å². The molecule has 0 unspecified atom stereocenters. The van der Waals surface area contributed by atoms with Crippen molar-refractivity contribution in [2.45, 2.75) is 6.54 Å². The second kappa shape index (κ2) is 6.66. The van der Waals surface area contributed by atoms with Crippen molar-refractivity contribution in [1.29, 1.82) is 0 Å². The highest BCUT2D eigenvalue weighted by atomic mass is 35.5. The maximum Gasteiger partial charge on any atom is 0.407 e. The molecule has 0 aromatic heterocycles. The van der Waals surface area contributed by atoms with E-state index in [0.29, 0.717) is 5.56 Å². The number of nitrogens with one attached hydrogen (secondary N) is 1. The van der Waals surface area contributed by atoms with Gasteiger partial charge in [-0.2, -0.15) is 0 Å². The Morgan fingerprint density at radius 2 is 2.22 bits per heavy atom. The molecule has 0 aliphatic carbocycles. The minimum absolute atomic E-state index is 0.00424. The van der Waals surface area contributed by atoms with Gasteiger partial charge >= 0.3 is 12.1 Å². The fourth-order valence-corrected chi connectivity index (χ4v) is 1.40. The summed E-state index contributed by atoms with van der Waals surface area (Å²) >= 11 is 5.72. The summed E-state index contributed by atoms with van der Waals surface area (Å²) in [4.78, 5) is 22.0. The largest absolute Gasteiger partial charge is 0.478 e. The molecule has 96 valence electrons. The molecule has 5 nitrogen and oxygen atoms in total. The molecule has 6 heteroatoms. The number of carboxylic acids is 1. The number of amides is 1. The van der Waals surface area contributed by atoms with Gasteiger partial charge in [-0.05, 0) is 17.7 Å². The predicted octanol–water partition coefficient (Wildman–Crippen LogP) is 2.45. The minimum atomic E-state index is -1.11. The van der Waals surface area contributed by atoms with E-state index in [2.05, 4.69) is 11.9 Å². The van der Waals surface area contributed by atoms with Crippen LogP contribution in [0.4, 0.5) is 4.79 Å². The van der Waals surface area contributed by atoms with Gasteiger partial charge in [0.1, 0.15) is 6.61 Å². The quantitative estimate of drug-likeness (QED) is 0.805. The van der Waals surface area contributed by atoms with Gasteiger partial charge in [0, 0.05) is 6.54 Å². The molecule has 1 amide bonds. The number of benzene rings is 1. The van der Waals surface area contributed by atoms with E-state index in [1.165, 1.54) is 18.2 Å². The van der Waals surface area contributed by atoms with Crippen LogP contribution in [0.25, 0.3) is 0 Å². The van der Waals surface area contributed by atoms with E-state index in [9.17, 15) is 9.59 Å². The molecule has 0 bridgehead atoms. The zero-order chi connectivity index (χ0) is 13.5. The highest BCUT2D eigenvalue weighted by molar-refractivity contribution is 6.33. The van der Waals surface area contributed by atoms with Crippen molar-refractivity contribution in [3.63, 3.8) is 0 Å². The Hall–Kier alpha value is -2.01. The molecule has 0 atom stereocenters. The summed E-state index contributed by atoms with van der Waals surface area (Å²) in [6.07, 6.45) is 0.853. The number of hydrogen-bond donors (Lipinski definition) is 2. The fraction of sp³-hybridized carbons (Fsp3) is 0.167. The van der Waals surface area contributed by atoms with Crippen LogP contribution in [0.5, 0.6) is 0 Å². The van der Waals surface area contributed by atoms with Gasteiger partial charge in [-0.1, -0.05) is 30.3 Å². The number of carbonyl (C=O) groups excluding carboxylic acids is 1. The summed E-state index contributed by atoms with van der Waals surface area (Å²) in [5, 5.41) is 11.5. The van der Waals surface area contributed by atoms with Crippen LogP contribution in [-0.2, 0) is 11.3 Å². The van der Waals surface area contributed by atoms with Gasteiger partial charge in [0.2, 0.25) is 0 Å². The second-order valence-electron chi connectivity index (χ2n) is 3.36. The maximum atomic E-state index is 11.1. The third-order valence-electron chi connectivity index (χ3n) is 2.03. The summed E-state index contributed by atoms with van der Waals surface area (Å²) < 4.78 is 4.70. The molecule has 0 spiro atoms. The SMILES string of the molecule is C=CCOC(=O)NCc1ccc(Cl)c(C(=O)O)c1. The Balaban J connectivity index is 2.63. The monoisotopic (exact) mass is 269 g/mol. The van der Waals surface area contributed by atoms with Crippen molar-refractivity contribution in [1.82, 2.24) is 5.32 Å². The van der Waals surface area contributed by atoms with Crippen LogP contribution < -0.4 is 5.32 Å². The van der Waals surface area contributed by atoms with Crippen LogP contribution in [0.1, 0.15) is 15.9 Å². The molecular weight excluding hydrogens is 258 g/mol. The van der Waals surface area contributed by atoms with Gasteiger partial charge < -0.3 is 15.2 Å². The number of aromatic carboxylic acids is 1. The average Bonchev–Trinajstić information content (AvgIpc) is 2.35. The molecule has 18 heavy (non-hydrogen) atoms. The third kappa shape index (κ3) is 4.10. The lowest BCUT2D eigenvalue weighted by Crippen LogP contribution is -2.23. The first-order valence-corrected chi connectivity index (χ1v) is 5.45. The van der Waals surface area contributed by atoms with Crippen LogP contribution in [-0.4, -0.2) is 23.8 Å². The zero-order valence-corrected chi connectivity index (χ0v) is 10.2. The lowest BCUT2D eigenvalue weighted by atomic mass is 10.1. The molecule has 2 N–H and O–H groups in total. The number of hydrogen-bond acceptors (Lipinski definition) is 3. The van der Waals surface area contributed by atoms with Crippen LogP contribution in [0.3, 0.4) is 0 Å². The number of carbonyl (C=O) groups is 2. The van der Waals surface area contributed by atoms with Crippen molar-refractivity contribution in [3.8, 4) is 0 Å². The van der Waals surface area contributed by atoms with E-state index in [4.69, 9.17) is 21.4 Å². The highest BCUT2D eigenvalue weighted by Crippen LogP contribution is 2.17. The summed E-state index contributed by atoms with van der Waals surface area (Å²) in [6, 6.07) is 4.50. The van der Waals surface area contributed by atoms with E-state index in [1.54, 1.807) is 6.07 Å². The molecule has 0 heterocycles. The molecule has 0 saturated heterocycles. The molecular formula is C12H12ClNO4. The van der Waals surface area contributed by atoms with E-state index in [1.807, 2.05) is 0 Å². The maximum absolute atomic E-state index is 11.1. The second-order valence-corrected chi connectivity index (χ2v) is 3.77. The van der Waals surface area contributed by atoms with Gasteiger partial charge in [-0.3, -0.25) is 0 Å². The lowest BCUT2D eigenvalue weighted by Gasteiger charge is -2.07. The number of alkyl carbamates (subject to hydrolysis) is 1. The van der Waals surface area contributed by atoms with E-state index < -0.39 is 12.1 Å². The molecule has 0 aliphatic heterocycles. The zero-order valence-electron chi connectivity index (χ0n) is 9.48. The molecule has 0 radical (unpaired) electrons. The number of ether oxygens (including phenoxy) is 1. The van der Waals surface area contributed by atoms with E-state index in [-0.39, 0.29) is 23.7 Å². The first kappa shape index (κ1) is 14.1. The van der Waals surface area contributed by atoms with E-state index >= 15 is 0 Å². The van der Waals surface area contributed by atoms with Crippen molar-refractivity contribution >= 4 is 23.7 Å². The van der Waals surface area contributed by atoms with E-state index in [0.717, 1.165) is 0 Å². The average molecular weight is 270 g/mol. The fourth-order valence-electron chi connectivity index (χ4n) is 1.21. The summed E-state index contributed by atoms with van der Waals surface area (Å²) in [7, 11) is 0. The number of halogens is 1. The lowest BCUT2D eigenvalue weighted by molar-refractivity contribution is 0.0697. The van der Waals surface area contributed by atoms with Crippen molar-refractivity contribution in [3.05, 3.63) is 47.0 Å². The summed E-state index contributed by atoms with van der Waals surface area (Å²) in [5.41, 5.74) is 0.614. The first-order valence-electron chi connectivity index (χ1n) is 5.08. The third-order valence-corrected chi connectivity index (χ3v) is 2.36. The van der Waals surface area contributed by atoms with Gasteiger partial charge in [-0.25, -0.2) is 9.59 Å². The molecule has 0 aliphatic rings. The highest BCUT2D eigenvalue weighted by Gasteiger charge is 2.09. The van der Waals surface area contributed by atoms with Crippen LogP contribution in [0.2, 0.25) is 5.02 Å². The normalized spacial score (nSPS) is 9.61. The predicted molar refractivity (Wildman–Crippen MR) is 66.8 cm³/mol. The van der Waals surface area contributed by atoms with Crippen molar-refractivity contribution < 1.29 is 19.4 Å². The Kier molecular flexibility index (Phi) is 5.20. The Labute approximate surface area is 109 Å². The van der Waals surface area contributed by atoms with Crippen molar-refractivity contribution in [2.75, 3.05) is 6.61 Å². The van der Waals surface area contributed by atoms with Gasteiger partial charge in [0.25, 0.3) is 0 Å². The Morgan fingerprint density at radius 3 is 2.83 bits per heavy atom. The van der Waals surface area contributed by atoms with Gasteiger partial charge in [-0.15, -0.1) is 0 Å². The number of rotatable bonds is 5. The van der Waals surface area contributed by atoms with Crippen LogP contribution in [0, 0.1) is 0 Å².